The lowest BCUT2D eigenvalue weighted by Gasteiger charge is -2.38. The van der Waals surface area contributed by atoms with E-state index in [1.165, 1.54) is 38.6 Å². The van der Waals surface area contributed by atoms with Crippen LogP contribution in [-0.2, 0) is 4.74 Å². The van der Waals surface area contributed by atoms with Crippen LogP contribution in [0.25, 0.3) is 0 Å². The average molecular weight is 254 g/mol. The fourth-order valence-electron chi connectivity index (χ4n) is 3.48. The molecule has 3 nitrogen and oxygen atoms in total. The van der Waals surface area contributed by atoms with E-state index in [4.69, 9.17) is 4.74 Å². The van der Waals surface area contributed by atoms with E-state index in [0.29, 0.717) is 12.1 Å². The third kappa shape index (κ3) is 3.94. The van der Waals surface area contributed by atoms with Crippen LogP contribution in [0.1, 0.15) is 45.4 Å². The van der Waals surface area contributed by atoms with Crippen LogP contribution in [0.2, 0.25) is 0 Å². The molecule has 0 bridgehead atoms. The molecule has 2 aliphatic rings. The van der Waals surface area contributed by atoms with E-state index >= 15 is 0 Å². The molecule has 1 aliphatic carbocycles. The van der Waals surface area contributed by atoms with Crippen molar-refractivity contribution in [3.63, 3.8) is 0 Å². The van der Waals surface area contributed by atoms with E-state index in [0.717, 1.165) is 32.0 Å². The van der Waals surface area contributed by atoms with Crippen molar-refractivity contribution in [2.24, 2.45) is 5.92 Å². The summed E-state index contributed by atoms with van der Waals surface area (Å²) >= 11 is 0. The van der Waals surface area contributed by atoms with Crippen LogP contribution < -0.4 is 5.32 Å². The Labute approximate surface area is 112 Å². The Balaban J connectivity index is 1.81. The summed E-state index contributed by atoms with van der Waals surface area (Å²) in [6.07, 6.45) is 8.77. The number of hydrogen-bond acceptors (Lipinski definition) is 3. The molecule has 1 saturated carbocycles. The highest BCUT2D eigenvalue weighted by Crippen LogP contribution is 2.27. The third-order valence-electron chi connectivity index (χ3n) is 4.72. The van der Waals surface area contributed by atoms with Crippen molar-refractivity contribution < 1.29 is 4.74 Å². The van der Waals surface area contributed by atoms with Gasteiger partial charge in [-0.15, -0.1) is 0 Å². The van der Waals surface area contributed by atoms with Gasteiger partial charge in [0.25, 0.3) is 0 Å². The van der Waals surface area contributed by atoms with E-state index in [1.54, 1.807) is 0 Å². The average Bonchev–Trinajstić information content (AvgIpc) is 2.46. The number of nitrogens with zero attached hydrogens (tertiary/aromatic N) is 1. The summed E-state index contributed by atoms with van der Waals surface area (Å²) < 4.78 is 5.76. The molecule has 3 heteroatoms. The second-order valence-electron chi connectivity index (χ2n) is 5.95. The predicted octanol–water partition coefficient (Wildman–Crippen LogP) is 2.27. The van der Waals surface area contributed by atoms with Gasteiger partial charge in [0.05, 0.1) is 12.7 Å². The highest BCUT2D eigenvalue weighted by atomic mass is 16.5. The summed E-state index contributed by atoms with van der Waals surface area (Å²) in [7, 11) is 2.14. The Morgan fingerprint density at radius 1 is 1.28 bits per heavy atom. The molecule has 1 N–H and O–H groups in total. The molecule has 0 amide bonds. The first-order chi connectivity index (χ1) is 8.83. The van der Waals surface area contributed by atoms with E-state index < -0.39 is 0 Å². The van der Waals surface area contributed by atoms with Crippen LogP contribution in [0.15, 0.2) is 0 Å². The van der Waals surface area contributed by atoms with Crippen molar-refractivity contribution in [1.82, 2.24) is 10.2 Å². The minimum Gasteiger partial charge on any atom is -0.376 e. The van der Waals surface area contributed by atoms with Crippen molar-refractivity contribution in [2.75, 3.05) is 33.3 Å². The molecule has 0 aromatic rings. The zero-order chi connectivity index (χ0) is 12.8. The number of rotatable bonds is 5. The maximum atomic E-state index is 5.76. The number of ether oxygens (including phenoxy) is 1. The van der Waals surface area contributed by atoms with Gasteiger partial charge in [-0.1, -0.05) is 26.2 Å². The smallest absolute Gasteiger partial charge is 0.0700 e. The SMILES string of the molecule is CCC1CN(CC(NC)C2CCCCC2)CCO1. The summed E-state index contributed by atoms with van der Waals surface area (Å²) in [5.41, 5.74) is 0. The van der Waals surface area contributed by atoms with Crippen LogP contribution in [0.4, 0.5) is 0 Å². The number of hydrogen-bond donors (Lipinski definition) is 1. The van der Waals surface area contributed by atoms with Gasteiger partial charge in [0.2, 0.25) is 0 Å². The summed E-state index contributed by atoms with van der Waals surface area (Å²) in [6.45, 7) is 6.59. The minimum atomic E-state index is 0.461. The molecule has 0 spiro atoms. The van der Waals surface area contributed by atoms with Gasteiger partial charge in [0.1, 0.15) is 0 Å². The molecule has 1 saturated heterocycles. The molecule has 0 radical (unpaired) electrons. The largest absolute Gasteiger partial charge is 0.376 e. The van der Waals surface area contributed by atoms with Crippen molar-refractivity contribution >= 4 is 0 Å². The molecule has 106 valence electrons. The zero-order valence-corrected chi connectivity index (χ0v) is 12.2. The first-order valence-electron chi connectivity index (χ1n) is 7.84. The third-order valence-corrected chi connectivity index (χ3v) is 4.72. The lowest BCUT2D eigenvalue weighted by Crippen LogP contribution is -2.50. The Morgan fingerprint density at radius 3 is 2.72 bits per heavy atom. The fourth-order valence-corrected chi connectivity index (χ4v) is 3.48. The van der Waals surface area contributed by atoms with Crippen LogP contribution in [0.5, 0.6) is 0 Å². The Hall–Kier alpha value is -0.120. The van der Waals surface area contributed by atoms with Crippen molar-refractivity contribution in [3.05, 3.63) is 0 Å². The maximum absolute atomic E-state index is 5.76. The first kappa shape index (κ1) is 14.3. The quantitative estimate of drug-likeness (QED) is 0.814. The van der Waals surface area contributed by atoms with Gasteiger partial charge in [0, 0.05) is 25.7 Å². The second-order valence-corrected chi connectivity index (χ2v) is 5.95. The topological polar surface area (TPSA) is 24.5 Å². The van der Waals surface area contributed by atoms with Crippen LogP contribution in [0.3, 0.4) is 0 Å². The molecular formula is C15H30N2O. The lowest BCUT2D eigenvalue weighted by molar-refractivity contribution is -0.0343. The first-order valence-corrected chi connectivity index (χ1v) is 7.84. The van der Waals surface area contributed by atoms with Crippen molar-refractivity contribution in [2.45, 2.75) is 57.6 Å². The number of morpholine rings is 1. The number of nitrogens with one attached hydrogen (secondary N) is 1. The molecule has 2 fully saturated rings. The van der Waals surface area contributed by atoms with Gasteiger partial charge in [-0.3, -0.25) is 4.90 Å². The molecule has 2 rings (SSSR count). The second kappa shape index (κ2) is 7.46. The minimum absolute atomic E-state index is 0.461. The predicted molar refractivity (Wildman–Crippen MR) is 75.9 cm³/mol. The van der Waals surface area contributed by atoms with Crippen LogP contribution >= 0.6 is 0 Å². The van der Waals surface area contributed by atoms with Gasteiger partial charge < -0.3 is 10.1 Å². The molecule has 2 atom stereocenters. The monoisotopic (exact) mass is 254 g/mol. The van der Waals surface area contributed by atoms with Crippen molar-refractivity contribution in [3.8, 4) is 0 Å². The van der Waals surface area contributed by atoms with Crippen LogP contribution in [-0.4, -0.2) is 50.3 Å². The Kier molecular flexibility index (Phi) is 5.93. The van der Waals surface area contributed by atoms with E-state index in [1.807, 2.05) is 0 Å². The summed E-state index contributed by atoms with van der Waals surface area (Å²) in [4.78, 5) is 2.60. The summed E-state index contributed by atoms with van der Waals surface area (Å²) in [5, 5.41) is 3.57. The molecule has 2 unspecified atom stereocenters. The zero-order valence-electron chi connectivity index (χ0n) is 12.2. The molecule has 1 aliphatic heterocycles. The normalized spacial score (nSPS) is 29.3. The van der Waals surface area contributed by atoms with Gasteiger partial charge in [-0.2, -0.15) is 0 Å². The maximum Gasteiger partial charge on any atom is 0.0700 e. The molecule has 0 aromatic heterocycles. The van der Waals surface area contributed by atoms with Crippen molar-refractivity contribution in [1.29, 1.82) is 0 Å². The van der Waals surface area contributed by atoms with E-state index in [9.17, 15) is 0 Å². The van der Waals surface area contributed by atoms with E-state index in [-0.39, 0.29) is 0 Å². The Morgan fingerprint density at radius 2 is 2.06 bits per heavy atom. The lowest BCUT2D eigenvalue weighted by atomic mass is 9.83. The molecule has 1 heterocycles. The van der Waals surface area contributed by atoms with Crippen LogP contribution in [0, 0.1) is 5.92 Å². The summed E-state index contributed by atoms with van der Waals surface area (Å²) in [5.74, 6) is 0.895. The Bertz CT molecular complexity index is 229. The van der Waals surface area contributed by atoms with Gasteiger partial charge in [-0.25, -0.2) is 0 Å². The standard InChI is InChI=1S/C15H30N2O/c1-3-14-11-17(9-10-18-14)12-15(16-2)13-7-5-4-6-8-13/h13-16H,3-12H2,1-2H3. The molecular weight excluding hydrogens is 224 g/mol. The highest BCUT2D eigenvalue weighted by Gasteiger charge is 2.26. The van der Waals surface area contributed by atoms with Gasteiger partial charge >= 0.3 is 0 Å². The number of likely N-dealkylation sites (N-methyl/N-ethyl adjacent to an activating group) is 1. The highest BCUT2D eigenvalue weighted by molar-refractivity contribution is 4.83. The molecule has 18 heavy (non-hydrogen) atoms. The molecule has 0 aromatic carbocycles. The van der Waals surface area contributed by atoms with Gasteiger partial charge in [-0.05, 0) is 32.2 Å². The van der Waals surface area contributed by atoms with E-state index in [2.05, 4.69) is 24.2 Å². The summed E-state index contributed by atoms with van der Waals surface area (Å²) in [6, 6.07) is 0.681. The van der Waals surface area contributed by atoms with Gasteiger partial charge in [0.15, 0.2) is 0 Å². The fraction of sp³-hybridized carbons (Fsp3) is 1.00.